The van der Waals surface area contributed by atoms with Crippen LogP contribution in [0.15, 0.2) is 30.3 Å². The zero-order chi connectivity index (χ0) is 25.1. The Morgan fingerprint density at radius 3 is 1.73 bits per heavy atom. The maximum absolute atomic E-state index is 13.2. The van der Waals surface area contributed by atoms with Gasteiger partial charge in [-0.15, -0.1) is 0 Å². The largest absolute Gasteiger partial charge is 0.480 e. The first kappa shape index (κ1) is 28.1. The van der Waals surface area contributed by atoms with Crippen molar-refractivity contribution in [3.05, 3.63) is 35.9 Å². The molecule has 184 valence electrons. The van der Waals surface area contributed by atoms with E-state index in [9.17, 15) is 19.2 Å². The van der Waals surface area contributed by atoms with Crippen molar-refractivity contribution in [2.75, 3.05) is 0 Å². The number of carbonyl (C=O) groups excluding carboxylic acids is 3. The molecule has 1 rings (SSSR count). The molecule has 0 spiro atoms. The fraction of sp³-hybridized carbons (Fsp3) is 0.583. The van der Waals surface area contributed by atoms with Gasteiger partial charge in [0.25, 0.3) is 0 Å². The summed E-state index contributed by atoms with van der Waals surface area (Å²) in [5, 5.41) is 17.0. The van der Waals surface area contributed by atoms with Crippen LogP contribution in [0.3, 0.4) is 0 Å². The Morgan fingerprint density at radius 2 is 1.27 bits per heavy atom. The van der Waals surface area contributed by atoms with Gasteiger partial charge >= 0.3 is 5.97 Å². The van der Waals surface area contributed by atoms with Crippen molar-refractivity contribution >= 4 is 23.7 Å². The van der Waals surface area contributed by atoms with Crippen LogP contribution in [-0.4, -0.2) is 53.0 Å². The number of nitrogens with two attached hydrogens (primary N) is 1. The first-order chi connectivity index (χ1) is 15.5. The topological polar surface area (TPSA) is 151 Å². The monoisotopic (exact) mass is 462 g/mol. The van der Waals surface area contributed by atoms with Gasteiger partial charge < -0.3 is 26.8 Å². The van der Waals surface area contributed by atoms with Crippen LogP contribution < -0.4 is 21.7 Å². The molecule has 1 aromatic carbocycles. The second-order valence-electron chi connectivity index (χ2n) is 8.61. The normalized spacial score (nSPS) is 16.4. The second kappa shape index (κ2) is 13.6. The van der Waals surface area contributed by atoms with Gasteiger partial charge in [-0.25, -0.2) is 0 Å². The molecule has 6 N–H and O–H groups in total. The molecule has 0 bridgehead atoms. The minimum Gasteiger partial charge on any atom is -0.480 e. The third-order valence-electron chi connectivity index (χ3n) is 5.95. The molecule has 0 radical (unpaired) electrons. The molecule has 0 fully saturated rings. The van der Waals surface area contributed by atoms with Gasteiger partial charge in [-0.2, -0.15) is 0 Å². The third-order valence-corrected chi connectivity index (χ3v) is 5.95. The van der Waals surface area contributed by atoms with E-state index < -0.39 is 47.9 Å². The predicted octanol–water partition coefficient (Wildman–Crippen LogP) is 1.21. The lowest BCUT2D eigenvalue weighted by Crippen LogP contribution is -2.59. The lowest BCUT2D eigenvalue weighted by Gasteiger charge is -2.29. The van der Waals surface area contributed by atoms with E-state index in [1.165, 1.54) is 6.92 Å². The second-order valence-corrected chi connectivity index (χ2v) is 8.61. The van der Waals surface area contributed by atoms with E-state index in [1.54, 1.807) is 6.92 Å². The highest BCUT2D eigenvalue weighted by atomic mass is 16.4. The van der Waals surface area contributed by atoms with E-state index in [0.29, 0.717) is 19.3 Å². The van der Waals surface area contributed by atoms with E-state index in [4.69, 9.17) is 10.8 Å². The highest BCUT2D eigenvalue weighted by Gasteiger charge is 2.33. The zero-order valence-corrected chi connectivity index (χ0v) is 20.1. The number of aliphatic carboxylic acids is 1. The van der Waals surface area contributed by atoms with Crippen molar-refractivity contribution < 1.29 is 24.3 Å². The van der Waals surface area contributed by atoms with Crippen LogP contribution in [0.5, 0.6) is 0 Å². The van der Waals surface area contributed by atoms with E-state index in [2.05, 4.69) is 16.0 Å². The molecule has 0 saturated carbocycles. The minimum atomic E-state index is -1.17. The molecule has 6 atom stereocenters. The van der Waals surface area contributed by atoms with Crippen LogP contribution in [0.25, 0.3) is 0 Å². The molecule has 0 aliphatic carbocycles. The average Bonchev–Trinajstić information content (AvgIpc) is 2.79. The van der Waals surface area contributed by atoms with Crippen LogP contribution in [0.2, 0.25) is 0 Å². The summed E-state index contributed by atoms with van der Waals surface area (Å²) < 4.78 is 0. The summed E-state index contributed by atoms with van der Waals surface area (Å²) in [6.07, 6.45) is 1.52. The van der Waals surface area contributed by atoms with Crippen LogP contribution in [-0.2, 0) is 25.6 Å². The van der Waals surface area contributed by atoms with Gasteiger partial charge in [0.05, 0.1) is 6.04 Å². The Bertz CT molecular complexity index is 801. The summed E-state index contributed by atoms with van der Waals surface area (Å²) >= 11 is 0. The molecule has 6 unspecified atom stereocenters. The Balaban J connectivity index is 2.95. The van der Waals surface area contributed by atoms with Gasteiger partial charge in [0, 0.05) is 0 Å². The number of nitrogens with one attached hydrogen (secondary N) is 3. The lowest BCUT2D eigenvalue weighted by molar-refractivity contribution is -0.142. The number of rotatable bonds is 13. The molecule has 0 aromatic heterocycles. The maximum Gasteiger partial charge on any atom is 0.325 e. The van der Waals surface area contributed by atoms with Crippen LogP contribution in [0, 0.1) is 11.8 Å². The molecule has 3 amide bonds. The first-order valence-electron chi connectivity index (χ1n) is 11.4. The summed E-state index contributed by atoms with van der Waals surface area (Å²) in [6, 6.07) is 5.59. The van der Waals surface area contributed by atoms with Crippen molar-refractivity contribution in [3.63, 3.8) is 0 Å². The highest BCUT2D eigenvalue weighted by molar-refractivity contribution is 5.94. The first-order valence-corrected chi connectivity index (χ1v) is 11.4. The Hall–Kier alpha value is -2.94. The molecule has 0 saturated heterocycles. The number of benzene rings is 1. The maximum atomic E-state index is 13.2. The number of carboxylic acid groups (broad SMARTS) is 1. The van der Waals surface area contributed by atoms with Gasteiger partial charge in [0.15, 0.2) is 0 Å². The molecule has 0 aliphatic heterocycles. The molecular formula is C24H38N4O5. The van der Waals surface area contributed by atoms with Crippen molar-refractivity contribution in [1.29, 1.82) is 0 Å². The molecule has 0 heterocycles. The quantitative estimate of drug-likeness (QED) is 0.297. The smallest absolute Gasteiger partial charge is 0.325 e. The van der Waals surface area contributed by atoms with Crippen molar-refractivity contribution in [2.45, 2.75) is 78.0 Å². The number of hydrogen-bond acceptors (Lipinski definition) is 5. The van der Waals surface area contributed by atoms with E-state index in [0.717, 1.165) is 5.56 Å². The number of amides is 3. The van der Waals surface area contributed by atoms with Crippen molar-refractivity contribution in [3.8, 4) is 0 Å². The van der Waals surface area contributed by atoms with Crippen molar-refractivity contribution in [1.82, 2.24) is 16.0 Å². The van der Waals surface area contributed by atoms with Crippen LogP contribution in [0.4, 0.5) is 0 Å². The third kappa shape index (κ3) is 8.84. The van der Waals surface area contributed by atoms with Gasteiger partial charge in [0.1, 0.15) is 18.1 Å². The number of hydrogen-bond donors (Lipinski definition) is 5. The van der Waals surface area contributed by atoms with Crippen LogP contribution >= 0.6 is 0 Å². The van der Waals surface area contributed by atoms with E-state index in [1.807, 2.05) is 51.1 Å². The van der Waals surface area contributed by atoms with Gasteiger partial charge in [-0.1, -0.05) is 70.9 Å². The molecule has 9 nitrogen and oxygen atoms in total. The van der Waals surface area contributed by atoms with Crippen molar-refractivity contribution in [2.24, 2.45) is 17.6 Å². The fourth-order valence-corrected chi connectivity index (χ4v) is 3.23. The standard InChI is InChI=1S/C24H38N4O5/c1-6-14(3)19(22(30)26-16(5)24(32)33)28-23(31)20(15(4)7-2)27-21(29)18(25)13-17-11-9-8-10-12-17/h8-12,14-16,18-20H,6-7,13,25H2,1-5H3,(H,26,30)(H,27,29)(H,28,31)(H,32,33). The molecule has 0 aliphatic rings. The average molecular weight is 463 g/mol. The molecule has 33 heavy (non-hydrogen) atoms. The number of carboxylic acids is 1. The molecular weight excluding hydrogens is 424 g/mol. The fourth-order valence-electron chi connectivity index (χ4n) is 3.23. The van der Waals surface area contributed by atoms with Gasteiger partial charge in [0.2, 0.25) is 17.7 Å². The summed E-state index contributed by atoms with van der Waals surface area (Å²) in [7, 11) is 0. The van der Waals surface area contributed by atoms with Gasteiger partial charge in [-0.3, -0.25) is 19.2 Å². The predicted molar refractivity (Wildman–Crippen MR) is 126 cm³/mol. The highest BCUT2D eigenvalue weighted by Crippen LogP contribution is 2.13. The Kier molecular flexibility index (Phi) is 11.6. The summed E-state index contributed by atoms with van der Waals surface area (Å²) in [5.41, 5.74) is 6.99. The Labute approximate surface area is 195 Å². The van der Waals surface area contributed by atoms with E-state index >= 15 is 0 Å². The minimum absolute atomic E-state index is 0.212. The summed E-state index contributed by atoms with van der Waals surface area (Å²) in [6.45, 7) is 8.75. The lowest BCUT2D eigenvalue weighted by atomic mass is 9.94. The van der Waals surface area contributed by atoms with Crippen LogP contribution in [0.1, 0.15) is 53.0 Å². The SMILES string of the molecule is CCC(C)C(NC(=O)C(N)Cc1ccccc1)C(=O)NC(C(=O)NC(C)C(=O)O)C(C)CC. The number of carbonyl (C=O) groups is 4. The molecule has 1 aromatic rings. The van der Waals surface area contributed by atoms with Gasteiger partial charge in [-0.05, 0) is 30.7 Å². The summed E-state index contributed by atoms with van der Waals surface area (Å²) in [4.78, 5) is 49.7. The summed E-state index contributed by atoms with van der Waals surface area (Å²) in [5.74, 6) is -3.17. The molecule has 9 heteroatoms. The zero-order valence-electron chi connectivity index (χ0n) is 20.1. The Morgan fingerprint density at radius 1 is 0.818 bits per heavy atom. The van der Waals surface area contributed by atoms with E-state index in [-0.39, 0.29) is 11.8 Å².